The van der Waals surface area contributed by atoms with Gasteiger partial charge in [0.05, 0.1) is 11.1 Å². The second-order valence-corrected chi connectivity index (χ2v) is 4.10. The van der Waals surface area contributed by atoms with Crippen molar-refractivity contribution in [2.24, 2.45) is 5.84 Å². The van der Waals surface area contributed by atoms with Gasteiger partial charge in [0.15, 0.2) is 0 Å². The topological polar surface area (TPSA) is 174 Å². The number of hydrogen-bond donors (Lipinski definition) is 6. The number of carbonyl (C=O) groups is 2. The third kappa shape index (κ3) is 5.99. The molecule has 3 aromatic rings. The molecule has 0 saturated carbocycles. The number of hydrogen-bond acceptors (Lipinski definition) is 6. The largest absolute Gasteiger partial charge is 0.507 e. The van der Waals surface area contributed by atoms with E-state index >= 15 is 0 Å². The van der Waals surface area contributed by atoms with Crippen molar-refractivity contribution in [3.05, 3.63) is 54.1 Å². The number of aromatic hydroxyl groups is 1. The zero-order valence-electron chi connectivity index (χ0n) is 12.2. The van der Waals surface area contributed by atoms with E-state index in [-0.39, 0.29) is 11.3 Å². The smallest absolute Gasteiger partial charge is 0.503 e. The molecule has 10 heteroatoms. The predicted octanol–water partition coefficient (Wildman–Crippen LogP) is 1.18. The molecular weight excluding hydrogens is 318 g/mol. The monoisotopic (exact) mass is 333 g/mol. The predicted molar refractivity (Wildman–Crippen MR) is 84.3 cm³/mol. The number of nitrogens with one attached hydrogen (secondary N) is 2. The van der Waals surface area contributed by atoms with Gasteiger partial charge in [-0.25, -0.2) is 10.6 Å². The van der Waals surface area contributed by atoms with Crippen molar-refractivity contribution in [1.29, 1.82) is 0 Å². The number of nitrogen functional groups attached to an aromatic ring is 1. The molecule has 0 bridgehead atoms. The molecule has 0 radical (unpaired) electrons. The number of carbonyl (C=O) groups excluding carboxylic acids is 1. The van der Waals surface area contributed by atoms with Crippen molar-refractivity contribution >= 4 is 23.1 Å². The van der Waals surface area contributed by atoms with Gasteiger partial charge < -0.3 is 15.3 Å². The van der Waals surface area contributed by atoms with Gasteiger partial charge in [-0.2, -0.15) is 0 Å². The average Bonchev–Trinajstić information content (AvgIpc) is 3.03. The van der Waals surface area contributed by atoms with Crippen LogP contribution in [0.25, 0.3) is 11.0 Å². The summed E-state index contributed by atoms with van der Waals surface area (Å²) in [5.41, 5.74) is 4.00. The highest BCUT2D eigenvalue weighted by Crippen LogP contribution is 2.14. The van der Waals surface area contributed by atoms with Gasteiger partial charge in [-0.3, -0.25) is 15.3 Å². The number of aromatic nitrogens is 3. The van der Waals surface area contributed by atoms with E-state index in [9.17, 15) is 4.79 Å². The molecule has 1 heterocycles. The molecule has 2 aromatic carbocycles. The van der Waals surface area contributed by atoms with Crippen molar-refractivity contribution < 1.29 is 24.9 Å². The highest BCUT2D eigenvalue weighted by molar-refractivity contribution is 5.96. The Balaban J connectivity index is 0.000000200. The summed E-state index contributed by atoms with van der Waals surface area (Å²) in [5, 5.41) is 33.2. The number of rotatable bonds is 1. The van der Waals surface area contributed by atoms with Crippen LogP contribution in [-0.2, 0) is 0 Å². The van der Waals surface area contributed by atoms with Gasteiger partial charge in [0, 0.05) is 0 Å². The van der Waals surface area contributed by atoms with Crippen molar-refractivity contribution in [2.45, 2.75) is 0 Å². The molecule has 0 atom stereocenters. The molecule has 0 spiro atoms. The first-order valence-corrected chi connectivity index (χ1v) is 6.42. The van der Waals surface area contributed by atoms with E-state index in [4.69, 9.17) is 26.0 Å². The summed E-state index contributed by atoms with van der Waals surface area (Å²) >= 11 is 0. The van der Waals surface area contributed by atoms with Crippen molar-refractivity contribution in [1.82, 2.24) is 20.8 Å². The number of H-pyrrole nitrogens is 1. The lowest BCUT2D eigenvalue weighted by Crippen LogP contribution is -2.29. The number of fused-ring (bicyclic) bond motifs is 1. The quantitative estimate of drug-likeness (QED) is 0.218. The SMILES string of the molecule is NNC(=O)c1ccccc1O.O=C(O)O.c1ccc2[nH]nnc2c1. The third-order valence-corrected chi connectivity index (χ3v) is 2.51. The Labute approximate surface area is 135 Å². The first-order valence-electron chi connectivity index (χ1n) is 6.42. The summed E-state index contributed by atoms with van der Waals surface area (Å²) in [6.45, 7) is 0. The van der Waals surface area contributed by atoms with Crippen molar-refractivity contribution in [3.8, 4) is 5.75 Å². The maximum Gasteiger partial charge on any atom is 0.503 e. The highest BCUT2D eigenvalue weighted by atomic mass is 16.6. The number of phenols is 1. The van der Waals surface area contributed by atoms with E-state index in [0.29, 0.717) is 0 Å². The van der Waals surface area contributed by atoms with E-state index < -0.39 is 12.1 Å². The van der Waals surface area contributed by atoms with Crippen LogP contribution in [0.3, 0.4) is 0 Å². The molecule has 0 saturated heterocycles. The number of carboxylic acid groups (broad SMARTS) is 2. The Morgan fingerprint density at radius 3 is 2.21 bits per heavy atom. The molecule has 0 aliphatic rings. The zero-order valence-corrected chi connectivity index (χ0v) is 12.2. The van der Waals surface area contributed by atoms with Crippen LogP contribution in [0.2, 0.25) is 0 Å². The minimum absolute atomic E-state index is 0.0737. The van der Waals surface area contributed by atoms with Gasteiger partial charge in [0.2, 0.25) is 0 Å². The van der Waals surface area contributed by atoms with E-state index in [1.54, 1.807) is 12.1 Å². The molecule has 7 N–H and O–H groups in total. The average molecular weight is 333 g/mol. The Morgan fingerprint density at radius 2 is 1.62 bits per heavy atom. The summed E-state index contributed by atoms with van der Waals surface area (Å²) < 4.78 is 0. The molecule has 1 aromatic heterocycles. The van der Waals surface area contributed by atoms with Crippen LogP contribution in [0.5, 0.6) is 5.75 Å². The molecular formula is C14H15N5O5. The lowest BCUT2D eigenvalue weighted by atomic mass is 10.2. The van der Waals surface area contributed by atoms with Crippen LogP contribution in [-0.4, -0.2) is 42.8 Å². The molecule has 0 fully saturated rings. The highest BCUT2D eigenvalue weighted by Gasteiger charge is 2.06. The summed E-state index contributed by atoms with van der Waals surface area (Å²) in [4.78, 5) is 19.4. The second-order valence-electron chi connectivity index (χ2n) is 4.10. The first-order chi connectivity index (χ1) is 11.5. The maximum absolute atomic E-state index is 10.8. The molecule has 0 aliphatic carbocycles. The van der Waals surface area contributed by atoms with Crippen LogP contribution in [0.15, 0.2) is 48.5 Å². The summed E-state index contributed by atoms with van der Waals surface area (Å²) in [5.74, 6) is 4.29. The van der Waals surface area contributed by atoms with Gasteiger partial charge in [0.25, 0.3) is 5.91 Å². The van der Waals surface area contributed by atoms with Gasteiger partial charge in [-0.1, -0.05) is 29.5 Å². The van der Waals surface area contributed by atoms with Crippen molar-refractivity contribution in [3.63, 3.8) is 0 Å². The minimum Gasteiger partial charge on any atom is -0.507 e. The molecule has 10 nitrogen and oxygen atoms in total. The molecule has 126 valence electrons. The van der Waals surface area contributed by atoms with Crippen LogP contribution in [0, 0.1) is 0 Å². The number of para-hydroxylation sites is 2. The van der Waals surface area contributed by atoms with Gasteiger partial charge >= 0.3 is 6.16 Å². The van der Waals surface area contributed by atoms with E-state index in [1.807, 2.05) is 29.7 Å². The lowest BCUT2D eigenvalue weighted by molar-refractivity contribution is 0.0950. The number of hydrazine groups is 1. The molecule has 24 heavy (non-hydrogen) atoms. The van der Waals surface area contributed by atoms with Gasteiger partial charge in [-0.15, -0.1) is 5.10 Å². The summed E-state index contributed by atoms with van der Waals surface area (Å²) in [7, 11) is 0. The first kappa shape index (κ1) is 18.4. The number of nitrogens with two attached hydrogens (primary N) is 1. The number of aromatic amines is 1. The van der Waals surface area contributed by atoms with E-state index in [1.165, 1.54) is 12.1 Å². The van der Waals surface area contributed by atoms with Crippen molar-refractivity contribution in [2.75, 3.05) is 0 Å². The fourth-order valence-electron chi connectivity index (χ4n) is 1.53. The number of benzene rings is 2. The summed E-state index contributed by atoms with van der Waals surface area (Å²) in [6, 6.07) is 13.9. The Bertz CT molecular complexity index is 771. The van der Waals surface area contributed by atoms with Gasteiger partial charge in [0.1, 0.15) is 11.3 Å². The third-order valence-electron chi connectivity index (χ3n) is 2.51. The normalized spacial score (nSPS) is 9.04. The van der Waals surface area contributed by atoms with Crippen LogP contribution in [0.1, 0.15) is 10.4 Å². The van der Waals surface area contributed by atoms with E-state index in [2.05, 4.69) is 15.4 Å². The van der Waals surface area contributed by atoms with E-state index in [0.717, 1.165) is 11.0 Å². The summed E-state index contributed by atoms with van der Waals surface area (Å²) in [6.07, 6.45) is -1.83. The molecule has 3 rings (SSSR count). The standard InChI is InChI=1S/C7H8N2O2.C6H5N3.CH2O3/c8-9-7(11)5-3-1-2-4-6(5)10;1-2-4-6-5(3-1)7-9-8-6;2-1(3)4/h1-4,10H,8H2,(H,9,11);1-4H,(H,7,8,9);(H2,2,3,4). The van der Waals surface area contributed by atoms with Gasteiger partial charge in [-0.05, 0) is 24.3 Å². The molecule has 1 amide bonds. The Hall–Kier alpha value is -3.66. The molecule has 0 unspecified atom stereocenters. The van der Waals surface area contributed by atoms with Crippen LogP contribution < -0.4 is 11.3 Å². The fraction of sp³-hybridized carbons (Fsp3) is 0. The van der Waals surface area contributed by atoms with Crippen LogP contribution in [0.4, 0.5) is 4.79 Å². The Morgan fingerprint density at radius 1 is 1.04 bits per heavy atom. The second kappa shape index (κ2) is 9.38. The minimum atomic E-state index is -1.83. The Kier molecular flexibility index (Phi) is 7.18. The number of phenolic OH excluding ortho intramolecular Hbond substituents is 1. The fourth-order valence-corrected chi connectivity index (χ4v) is 1.53. The number of amides is 1. The maximum atomic E-state index is 10.8. The van der Waals surface area contributed by atoms with Crippen LogP contribution >= 0.6 is 0 Å². The zero-order chi connectivity index (χ0) is 17.9. The lowest BCUT2D eigenvalue weighted by Gasteiger charge is -2.00. The number of nitrogens with zero attached hydrogens (tertiary/aromatic N) is 2. The molecule has 0 aliphatic heterocycles.